The molecule has 8 nitrogen and oxygen atoms in total. The minimum atomic E-state index is -2.01. The molecule has 1 unspecified atom stereocenters. The third-order valence-electron chi connectivity index (χ3n) is 2.63. The molecular weight excluding hydrogens is 254 g/mol. The van der Waals surface area contributed by atoms with Gasteiger partial charge in [-0.3, -0.25) is 4.79 Å². The van der Waals surface area contributed by atoms with Crippen molar-refractivity contribution in [2.24, 2.45) is 0 Å². The molecule has 1 rings (SSSR count). The Kier molecular flexibility index (Phi) is 5.11. The molecule has 0 aliphatic heterocycles. The first-order chi connectivity index (χ1) is 8.81. The lowest BCUT2D eigenvalue weighted by atomic mass is 10.1. The van der Waals surface area contributed by atoms with Crippen molar-refractivity contribution < 1.29 is 24.6 Å². The SMILES string of the molecule is CC(O)(CNC(=O)NCCC(=O)NC1CC1)C(=O)O. The summed E-state index contributed by atoms with van der Waals surface area (Å²) in [5.74, 6) is -1.54. The number of carbonyl (C=O) groups is 3. The summed E-state index contributed by atoms with van der Waals surface area (Å²) in [6.45, 7) is 0.820. The number of aliphatic carboxylic acids is 1. The summed E-state index contributed by atoms with van der Waals surface area (Å²) in [5, 5.41) is 25.4. The van der Waals surface area contributed by atoms with Gasteiger partial charge in [0.25, 0.3) is 0 Å². The number of hydrogen-bond acceptors (Lipinski definition) is 4. The minimum absolute atomic E-state index is 0.125. The van der Waals surface area contributed by atoms with Gasteiger partial charge in [0, 0.05) is 19.0 Å². The van der Waals surface area contributed by atoms with Crippen LogP contribution >= 0.6 is 0 Å². The summed E-state index contributed by atoms with van der Waals surface area (Å²) in [7, 11) is 0. The van der Waals surface area contributed by atoms with Crippen LogP contribution in [-0.2, 0) is 9.59 Å². The highest BCUT2D eigenvalue weighted by molar-refractivity contribution is 5.80. The maximum atomic E-state index is 11.3. The number of amides is 3. The third-order valence-corrected chi connectivity index (χ3v) is 2.63. The van der Waals surface area contributed by atoms with E-state index in [1.165, 1.54) is 0 Å². The predicted octanol–water partition coefficient (Wildman–Crippen LogP) is -1.21. The maximum Gasteiger partial charge on any atom is 0.337 e. The van der Waals surface area contributed by atoms with E-state index in [1.807, 2.05) is 0 Å². The third kappa shape index (κ3) is 6.05. The number of carboxylic acids is 1. The monoisotopic (exact) mass is 273 g/mol. The van der Waals surface area contributed by atoms with E-state index in [-0.39, 0.29) is 24.9 Å². The minimum Gasteiger partial charge on any atom is -0.479 e. The van der Waals surface area contributed by atoms with Crippen LogP contribution in [0.15, 0.2) is 0 Å². The van der Waals surface area contributed by atoms with Crippen molar-refractivity contribution in [2.75, 3.05) is 13.1 Å². The molecular formula is C11H19N3O5. The Balaban J connectivity index is 2.10. The largest absolute Gasteiger partial charge is 0.479 e. The Morgan fingerprint density at radius 1 is 1.26 bits per heavy atom. The number of carbonyl (C=O) groups excluding carboxylic acids is 2. The van der Waals surface area contributed by atoms with Gasteiger partial charge in [0.1, 0.15) is 0 Å². The van der Waals surface area contributed by atoms with Crippen molar-refractivity contribution in [1.29, 1.82) is 0 Å². The smallest absolute Gasteiger partial charge is 0.337 e. The topological polar surface area (TPSA) is 128 Å². The summed E-state index contributed by atoms with van der Waals surface area (Å²) in [6.07, 6.45) is 2.17. The van der Waals surface area contributed by atoms with Crippen molar-refractivity contribution in [2.45, 2.75) is 37.8 Å². The molecule has 0 bridgehead atoms. The van der Waals surface area contributed by atoms with Crippen molar-refractivity contribution in [3.05, 3.63) is 0 Å². The molecule has 19 heavy (non-hydrogen) atoms. The van der Waals surface area contributed by atoms with Gasteiger partial charge < -0.3 is 26.2 Å². The zero-order valence-corrected chi connectivity index (χ0v) is 10.7. The molecule has 1 aliphatic rings. The molecule has 1 saturated carbocycles. The van der Waals surface area contributed by atoms with Crippen LogP contribution in [0.5, 0.6) is 0 Å². The van der Waals surface area contributed by atoms with Gasteiger partial charge in [0.15, 0.2) is 5.60 Å². The fraction of sp³-hybridized carbons (Fsp3) is 0.727. The number of nitrogens with one attached hydrogen (secondary N) is 3. The Labute approximate surface area is 110 Å². The lowest BCUT2D eigenvalue weighted by Gasteiger charge is -2.18. The molecule has 8 heteroatoms. The number of carboxylic acid groups (broad SMARTS) is 1. The van der Waals surface area contributed by atoms with Gasteiger partial charge in [-0.25, -0.2) is 9.59 Å². The molecule has 0 spiro atoms. The molecule has 0 saturated heterocycles. The fourth-order valence-corrected chi connectivity index (χ4v) is 1.21. The van der Waals surface area contributed by atoms with E-state index in [0.29, 0.717) is 0 Å². The van der Waals surface area contributed by atoms with Crippen molar-refractivity contribution >= 4 is 17.9 Å². The molecule has 0 aromatic heterocycles. The van der Waals surface area contributed by atoms with Crippen LogP contribution in [0.1, 0.15) is 26.2 Å². The average Bonchev–Trinajstić information content (AvgIpc) is 3.10. The van der Waals surface area contributed by atoms with E-state index in [0.717, 1.165) is 19.8 Å². The normalized spacial score (nSPS) is 17.2. The van der Waals surface area contributed by atoms with Gasteiger partial charge in [-0.1, -0.05) is 0 Å². The number of aliphatic hydroxyl groups is 1. The lowest BCUT2D eigenvalue weighted by Crippen LogP contribution is -2.49. The van der Waals surface area contributed by atoms with Gasteiger partial charge in [0.2, 0.25) is 5.91 Å². The van der Waals surface area contributed by atoms with Crippen LogP contribution in [0.3, 0.4) is 0 Å². The Bertz CT molecular complexity index is 365. The first kappa shape index (κ1) is 15.2. The summed E-state index contributed by atoms with van der Waals surface area (Å²) in [6, 6.07) is -0.340. The molecule has 108 valence electrons. The second-order valence-electron chi connectivity index (χ2n) is 4.78. The van der Waals surface area contributed by atoms with Crippen molar-refractivity contribution in [3.63, 3.8) is 0 Å². The van der Waals surface area contributed by atoms with E-state index >= 15 is 0 Å². The predicted molar refractivity (Wildman–Crippen MR) is 65.4 cm³/mol. The molecule has 3 amide bonds. The standard InChI is InChI=1S/C11H19N3O5/c1-11(19,9(16)17)6-13-10(18)12-5-4-8(15)14-7-2-3-7/h7,19H,2-6H2,1H3,(H,14,15)(H,16,17)(H2,12,13,18). The molecule has 1 aliphatic carbocycles. The van der Waals surface area contributed by atoms with Crippen LogP contribution in [0.25, 0.3) is 0 Å². The molecule has 0 aromatic carbocycles. The summed E-state index contributed by atoms with van der Waals surface area (Å²) in [5.41, 5.74) is -2.01. The Hall–Kier alpha value is -1.83. The Morgan fingerprint density at radius 2 is 1.89 bits per heavy atom. The second kappa shape index (κ2) is 6.37. The van der Waals surface area contributed by atoms with E-state index in [1.54, 1.807) is 0 Å². The highest BCUT2D eigenvalue weighted by Crippen LogP contribution is 2.18. The van der Waals surface area contributed by atoms with Gasteiger partial charge >= 0.3 is 12.0 Å². The van der Waals surface area contributed by atoms with E-state index in [4.69, 9.17) is 5.11 Å². The molecule has 5 N–H and O–H groups in total. The van der Waals surface area contributed by atoms with Crippen LogP contribution in [0.4, 0.5) is 4.79 Å². The first-order valence-corrected chi connectivity index (χ1v) is 6.08. The highest BCUT2D eigenvalue weighted by Gasteiger charge is 2.30. The van der Waals surface area contributed by atoms with Gasteiger partial charge in [0.05, 0.1) is 6.54 Å². The number of hydrogen-bond donors (Lipinski definition) is 5. The molecule has 1 atom stereocenters. The fourth-order valence-electron chi connectivity index (χ4n) is 1.21. The summed E-state index contributed by atoms with van der Waals surface area (Å²) < 4.78 is 0. The van der Waals surface area contributed by atoms with Gasteiger partial charge in [-0.05, 0) is 19.8 Å². The number of rotatable bonds is 7. The highest BCUT2D eigenvalue weighted by atomic mass is 16.4. The maximum absolute atomic E-state index is 11.3. The van der Waals surface area contributed by atoms with E-state index < -0.39 is 24.1 Å². The summed E-state index contributed by atoms with van der Waals surface area (Å²) in [4.78, 5) is 33.1. The quantitative estimate of drug-likeness (QED) is 0.397. The van der Waals surface area contributed by atoms with E-state index in [9.17, 15) is 19.5 Å². The number of urea groups is 1. The average molecular weight is 273 g/mol. The molecule has 0 radical (unpaired) electrons. The molecule has 1 fully saturated rings. The van der Waals surface area contributed by atoms with Crippen molar-refractivity contribution in [3.8, 4) is 0 Å². The molecule has 0 aromatic rings. The zero-order valence-electron chi connectivity index (χ0n) is 10.7. The zero-order chi connectivity index (χ0) is 14.5. The molecule has 0 heterocycles. The van der Waals surface area contributed by atoms with Crippen molar-refractivity contribution in [1.82, 2.24) is 16.0 Å². The van der Waals surface area contributed by atoms with Crippen LogP contribution in [-0.4, -0.2) is 52.9 Å². The van der Waals surface area contributed by atoms with Gasteiger partial charge in [-0.2, -0.15) is 0 Å². The van der Waals surface area contributed by atoms with Crippen LogP contribution in [0.2, 0.25) is 0 Å². The van der Waals surface area contributed by atoms with E-state index in [2.05, 4.69) is 16.0 Å². The summed E-state index contributed by atoms with van der Waals surface area (Å²) >= 11 is 0. The first-order valence-electron chi connectivity index (χ1n) is 6.08. The lowest BCUT2D eigenvalue weighted by molar-refractivity contribution is -0.155. The van der Waals surface area contributed by atoms with Gasteiger partial charge in [-0.15, -0.1) is 0 Å². The second-order valence-corrected chi connectivity index (χ2v) is 4.78. The van der Waals surface area contributed by atoms with Crippen LogP contribution < -0.4 is 16.0 Å². The van der Waals surface area contributed by atoms with Crippen LogP contribution in [0, 0.1) is 0 Å². The Morgan fingerprint density at radius 3 is 2.42 bits per heavy atom.